The number of benzene rings is 1. The van der Waals surface area contributed by atoms with Gasteiger partial charge in [-0.3, -0.25) is 0 Å². The highest BCUT2D eigenvalue weighted by atomic mass is 79.9. The quantitative estimate of drug-likeness (QED) is 0.859. The van der Waals surface area contributed by atoms with Gasteiger partial charge in [0.1, 0.15) is 0 Å². The average molecular weight is 339 g/mol. The van der Waals surface area contributed by atoms with Crippen molar-refractivity contribution in [3.05, 3.63) is 56.7 Å². The number of carbonyl (C=O) groups is 1. The Balaban J connectivity index is 1.66. The van der Waals surface area contributed by atoms with Gasteiger partial charge in [0, 0.05) is 15.9 Å². The summed E-state index contributed by atoms with van der Waals surface area (Å²) in [6.07, 6.45) is 0.825. The Morgan fingerprint density at radius 2 is 2.11 bits per heavy atom. The molecule has 2 amide bonds. The van der Waals surface area contributed by atoms with Gasteiger partial charge in [0.05, 0.1) is 6.54 Å². The second-order valence-corrected chi connectivity index (χ2v) is 6.02. The van der Waals surface area contributed by atoms with E-state index in [0.29, 0.717) is 13.1 Å². The van der Waals surface area contributed by atoms with Gasteiger partial charge in [-0.05, 0) is 35.6 Å². The molecule has 0 fully saturated rings. The van der Waals surface area contributed by atoms with Gasteiger partial charge in [0.15, 0.2) is 0 Å². The summed E-state index contributed by atoms with van der Waals surface area (Å²) in [6.45, 7) is 1.22. The Hall–Kier alpha value is -1.33. The minimum Gasteiger partial charge on any atom is -0.338 e. The first-order chi connectivity index (χ1) is 9.24. The second-order valence-electron chi connectivity index (χ2n) is 4.07. The molecule has 19 heavy (non-hydrogen) atoms. The van der Waals surface area contributed by atoms with Crippen LogP contribution in [0.3, 0.4) is 0 Å². The molecule has 2 N–H and O–H groups in total. The van der Waals surface area contributed by atoms with Crippen molar-refractivity contribution in [3.63, 3.8) is 0 Å². The molecule has 0 atom stereocenters. The van der Waals surface area contributed by atoms with Gasteiger partial charge >= 0.3 is 6.03 Å². The van der Waals surface area contributed by atoms with Gasteiger partial charge in [0.25, 0.3) is 0 Å². The van der Waals surface area contributed by atoms with Gasteiger partial charge in [-0.2, -0.15) is 0 Å². The number of thiophene rings is 1. The molecule has 2 aromatic rings. The van der Waals surface area contributed by atoms with E-state index in [4.69, 9.17) is 0 Å². The Morgan fingerprint density at radius 1 is 1.21 bits per heavy atom. The lowest BCUT2D eigenvalue weighted by Gasteiger charge is -2.07. The normalized spacial score (nSPS) is 10.2. The number of nitrogens with one attached hydrogen (secondary N) is 2. The lowest BCUT2D eigenvalue weighted by atomic mass is 10.1. The molecule has 1 heterocycles. The molecule has 0 aliphatic rings. The van der Waals surface area contributed by atoms with E-state index in [9.17, 15) is 4.79 Å². The monoisotopic (exact) mass is 338 g/mol. The van der Waals surface area contributed by atoms with Crippen molar-refractivity contribution < 1.29 is 4.79 Å². The third-order valence-electron chi connectivity index (χ3n) is 2.59. The number of hydrogen-bond acceptors (Lipinski definition) is 2. The van der Waals surface area contributed by atoms with Gasteiger partial charge < -0.3 is 10.6 Å². The third kappa shape index (κ3) is 5.04. The SMILES string of the molecule is O=C(NCCc1cccc(Br)c1)NCc1cccs1. The standard InChI is InChI=1S/C14H15BrN2OS/c15-12-4-1-3-11(9-12)6-7-16-14(18)17-10-13-5-2-8-19-13/h1-5,8-9H,6-7,10H2,(H2,16,17,18). The third-order valence-corrected chi connectivity index (χ3v) is 3.96. The highest BCUT2D eigenvalue weighted by Gasteiger charge is 2.01. The molecule has 5 heteroatoms. The van der Waals surface area contributed by atoms with Gasteiger partial charge in [-0.15, -0.1) is 11.3 Å². The van der Waals surface area contributed by atoms with E-state index in [1.165, 1.54) is 5.56 Å². The zero-order chi connectivity index (χ0) is 13.5. The topological polar surface area (TPSA) is 41.1 Å². The van der Waals surface area contributed by atoms with Crippen LogP contribution in [0.2, 0.25) is 0 Å². The first-order valence-electron chi connectivity index (χ1n) is 6.02. The van der Waals surface area contributed by atoms with Crippen molar-refractivity contribution >= 4 is 33.3 Å². The van der Waals surface area contributed by atoms with Gasteiger partial charge in [0.2, 0.25) is 0 Å². The summed E-state index contributed by atoms with van der Waals surface area (Å²) in [6, 6.07) is 12.0. The zero-order valence-corrected chi connectivity index (χ0v) is 12.8. The molecule has 0 aliphatic heterocycles. The van der Waals surface area contributed by atoms with Crippen molar-refractivity contribution in [2.45, 2.75) is 13.0 Å². The molecule has 0 aliphatic carbocycles. The number of urea groups is 1. The van der Waals surface area contributed by atoms with Crippen LogP contribution in [0, 0.1) is 0 Å². The van der Waals surface area contributed by atoms with Crippen LogP contribution < -0.4 is 10.6 Å². The molecule has 100 valence electrons. The number of hydrogen-bond donors (Lipinski definition) is 2. The maximum atomic E-state index is 11.6. The summed E-state index contributed by atoms with van der Waals surface area (Å²) in [5.41, 5.74) is 1.20. The number of amides is 2. The van der Waals surface area contributed by atoms with Crippen LogP contribution in [0.5, 0.6) is 0 Å². The lowest BCUT2D eigenvalue weighted by Crippen LogP contribution is -2.36. The lowest BCUT2D eigenvalue weighted by molar-refractivity contribution is 0.240. The molecule has 1 aromatic carbocycles. The van der Waals surface area contributed by atoms with Crippen LogP contribution in [0.1, 0.15) is 10.4 Å². The molecule has 0 unspecified atom stereocenters. The number of halogens is 1. The fourth-order valence-electron chi connectivity index (χ4n) is 1.66. The van der Waals surface area contributed by atoms with Crippen molar-refractivity contribution in [2.75, 3.05) is 6.54 Å². The highest BCUT2D eigenvalue weighted by molar-refractivity contribution is 9.10. The zero-order valence-electron chi connectivity index (χ0n) is 10.4. The number of carbonyl (C=O) groups excluding carboxylic acids is 1. The first-order valence-corrected chi connectivity index (χ1v) is 7.70. The van der Waals surface area contributed by atoms with Crippen molar-refractivity contribution in [3.8, 4) is 0 Å². The van der Waals surface area contributed by atoms with Crippen LogP contribution in [0.4, 0.5) is 4.79 Å². The average Bonchev–Trinajstić information content (AvgIpc) is 2.89. The van der Waals surface area contributed by atoms with E-state index < -0.39 is 0 Å². The summed E-state index contributed by atoms with van der Waals surface area (Å²) in [4.78, 5) is 12.7. The number of rotatable bonds is 5. The van der Waals surface area contributed by atoms with Gasteiger partial charge in [-0.25, -0.2) is 4.79 Å². The highest BCUT2D eigenvalue weighted by Crippen LogP contribution is 2.11. The van der Waals surface area contributed by atoms with Crippen molar-refractivity contribution in [2.24, 2.45) is 0 Å². The summed E-state index contributed by atoms with van der Waals surface area (Å²) in [7, 11) is 0. The summed E-state index contributed by atoms with van der Waals surface area (Å²) < 4.78 is 1.06. The van der Waals surface area contributed by atoms with Crippen molar-refractivity contribution in [1.82, 2.24) is 10.6 Å². The predicted octanol–water partition coefficient (Wildman–Crippen LogP) is 3.55. The smallest absolute Gasteiger partial charge is 0.315 e. The summed E-state index contributed by atoms with van der Waals surface area (Å²) in [5.74, 6) is 0. The van der Waals surface area contributed by atoms with E-state index in [1.807, 2.05) is 29.6 Å². The van der Waals surface area contributed by atoms with E-state index >= 15 is 0 Å². The molecule has 0 saturated carbocycles. The molecule has 0 saturated heterocycles. The molecule has 0 radical (unpaired) electrons. The van der Waals surface area contributed by atoms with Crippen LogP contribution in [-0.4, -0.2) is 12.6 Å². The minimum atomic E-state index is -0.122. The summed E-state index contributed by atoms with van der Waals surface area (Å²) in [5, 5.41) is 7.69. The fourth-order valence-corrected chi connectivity index (χ4v) is 2.75. The molecule has 1 aromatic heterocycles. The largest absolute Gasteiger partial charge is 0.338 e. The Labute approximate surface area is 125 Å². The van der Waals surface area contributed by atoms with Crippen LogP contribution in [-0.2, 0) is 13.0 Å². The minimum absolute atomic E-state index is 0.122. The maximum absolute atomic E-state index is 11.6. The van der Waals surface area contributed by atoms with Crippen molar-refractivity contribution in [1.29, 1.82) is 0 Å². The molecule has 2 rings (SSSR count). The molecule has 0 bridgehead atoms. The Kier molecular flexibility index (Phi) is 5.42. The Bertz CT molecular complexity index is 528. The van der Waals surface area contributed by atoms with Crippen LogP contribution >= 0.6 is 27.3 Å². The predicted molar refractivity (Wildman–Crippen MR) is 82.4 cm³/mol. The molecule has 3 nitrogen and oxygen atoms in total. The van der Waals surface area contributed by atoms with E-state index in [2.05, 4.69) is 38.7 Å². The second kappa shape index (κ2) is 7.31. The Morgan fingerprint density at radius 3 is 2.84 bits per heavy atom. The van der Waals surface area contributed by atoms with E-state index in [0.717, 1.165) is 15.8 Å². The van der Waals surface area contributed by atoms with Gasteiger partial charge in [-0.1, -0.05) is 34.1 Å². The van der Waals surface area contributed by atoms with E-state index in [-0.39, 0.29) is 6.03 Å². The fraction of sp³-hybridized carbons (Fsp3) is 0.214. The molecule has 0 spiro atoms. The first kappa shape index (κ1) is 14.1. The van der Waals surface area contributed by atoms with Crippen LogP contribution in [0.15, 0.2) is 46.3 Å². The summed E-state index contributed by atoms with van der Waals surface area (Å²) >= 11 is 5.07. The molecular weight excluding hydrogens is 324 g/mol. The molecular formula is C14H15BrN2OS. The maximum Gasteiger partial charge on any atom is 0.315 e. The van der Waals surface area contributed by atoms with E-state index in [1.54, 1.807) is 11.3 Å². The van der Waals surface area contributed by atoms with Crippen LogP contribution in [0.25, 0.3) is 0 Å².